The summed E-state index contributed by atoms with van der Waals surface area (Å²) in [7, 11) is 1.50. The van der Waals surface area contributed by atoms with Crippen LogP contribution in [0.15, 0.2) is 12.1 Å². The van der Waals surface area contributed by atoms with Gasteiger partial charge < -0.3 is 20.5 Å². The summed E-state index contributed by atoms with van der Waals surface area (Å²) in [5.41, 5.74) is 6.24. The van der Waals surface area contributed by atoms with Gasteiger partial charge in [-0.15, -0.1) is 0 Å². The molecule has 0 bridgehead atoms. The molecule has 0 aliphatic rings. The van der Waals surface area contributed by atoms with Gasteiger partial charge in [0.05, 0.1) is 24.6 Å². The first-order chi connectivity index (χ1) is 8.08. The first-order valence-corrected chi connectivity index (χ1v) is 5.57. The van der Waals surface area contributed by atoms with Gasteiger partial charge >= 0.3 is 0 Å². The van der Waals surface area contributed by atoms with E-state index in [-0.39, 0.29) is 11.8 Å². The minimum absolute atomic E-state index is 0.0166. The fraction of sp³-hybridized carbons (Fsp3) is 0.500. The number of hydrogen-bond donors (Lipinski definition) is 2. The summed E-state index contributed by atoms with van der Waals surface area (Å²) in [6.07, 6.45) is 0.0166. The maximum atomic E-state index is 13.6. The molecule has 0 radical (unpaired) electrons. The molecule has 0 saturated heterocycles. The normalized spacial score (nSPS) is 12.2. The Morgan fingerprint density at radius 2 is 2.18 bits per heavy atom. The van der Waals surface area contributed by atoms with Gasteiger partial charge in [0.1, 0.15) is 11.6 Å². The smallest absolute Gasteiger partial charge is 0.148 e. The Bertz CT molecular complexity index is 372. The standard InChI is InChI=1S/C12H19FN2O2/c1-4-17-8(2)7-15-11-6-12(16-3)10(14)5-9(11)13/h5-6,8,15H,4,7,14H2,1-3H3. The van der Waals surface area contributed by atoms with Crippen LogP contribution in [0.5, 0.6) is 5.75 Å². The second-order valence-corrected chi connectivity index (χ2v) is 3.72. The van der Waals surface area contributed by atoms with E-state index < -0.39 is 5.82 Å². The molecule has 17 heavy (non-hydrogen) atoms. The highest BCUT2D eigenvalue weighted by molar-refractivity contribution is 5.62. The molecule has 0 aromatic heterocycles. The van der Waals surface area contributed by atoms with Crippen LogP contribution in [-0.2, 0) is 4.74 Å². The lowest BCUT2D eigenvalue weighted by atomic mass is 10.2. The van der Waals surface area contributed by atoms with E-state index >= 15 is 0 Å². The molecule has 5 heteroatoms. The van der Waals surface area contributed by atoms with E-state index in [4.69, 9.17) is 15.2 Å². The van der Waals surface area contributed by atoms with Crippen LogP contribution in [-0.4, -0.2) is 26.4 Å². The third-order valence-corrected chi connectivity index (χ3v) is 2.35. The number of hydrogen-bond acceptors (Lipinski definition) is 4. The number of anilines is 2. The molecular formula is C12H19FN2O2. The van der Waals surface area contributed by atoms with Gasteiger partial charge in [-0.2, -0.15) is 0 Å². The predicted molar refractivity (Wildman–Crippen MR) is 66.9 cm³/mol. The van der Waals surface area contributed by atoms with E-state index in [2.05, 4.69) is 5.32 Å². The lowest BCUT2D eigenvalue weighted by Crippen LogP contribution is -2.20. The average molecular weight is 242 g/mol. The van der Waals surface area contributed by atoms with E-state index in [1.165, 1.54) is 13.2 Å². The quantitative estimate of drug-likeness (QED) is 0.751. The number of benzene rings is 1. The number of methoxy groups -OCH3 is 1. The number of nitrogens with one attached hydrogen (secondary N) is 1. The van der Waals surface area contributed by atoms with Crippen molar-refractivity contribution in [2.75, 3.05) is 31.3 Å². The average Bonchev–Trinajstić information content (AvgIpc) is 2.28. The van der Waals surface area contributed by atoms with Crippen molar-refractivity contribution in [3.8, 4) is 5.75 Å². The molecule has 1 unspecified atom stereocenters. The van der Waals surface area contributed by atoms with Crippen molar-refractivity contribution >= 4 is 11.4 Å². The molecule has 96 valence electrons. The number of rotatable bonds is 6. The summed E-state index contributed by atoms with van der Waals surface area (Å²) in [6.45, 7) is 5.00. The van der Waals surface area contributed by atoms with Crippen molar-refractivity contribution in [2.45, 2.75) is 20.0 Å². The Morgan fingerprint density at radius 3 is 2.76 bits per heavy atom. The highest BCUT2D eigenvalue weighted by Gasteiger charge is 2.09. The van der Waals surface area contributed by atoms with Crippen LogP contribution in [0.1, 0.15) is 13.8 Å². The Hall–Kier alpha value is -1.49. The van der Waals surface area contributed by atoms with Crippen LogP contribution >= 0.6 is 0 Å². The van der Waals surface area contributed by atoms with Crippen LogP contribution in [0.2, 0.25) is 0 Å². The summed E-state index contributed by atoms with van der Waals surface area (Å²) in [4.78, 5) is 0. The van der Waals surface area contributed by atoms with Crippen LogP contribution in [0.3, 0.4) is 0 Å². The zero-order valence-electron chi connectivity index (χ0n) is 10.4. The summed E-state index contributed by atoms with van der Waals surface area (Å²) in [6, 6.07) is 2.79. The van der Waals surface area contributed by atoms with Gasteiger partial charge in [0.15, 0.2) is 0 Å². The molecule has 0 aliphatic carbocycles. The summed E-state index contributed by atoms with van der Waals surface area (Å²) >= 11 is 0. The van der Waals surface area contributed by atoms with E-state index in [1.807, 2.05) is 13.8 Å². The summed E-state index contributed by atoms with van der Waals surface area (Å²) in [5.74, 6) is 0.0601. The van der Waals surface area contributed by atoms with Gasteiger partial charge in [-0.25, -0.2) is 4.39 Å². The zero-order valence-corrected chi connectivity index (χ0v) is 10.4. The van der Waals surface area contributed by atoms with E-state index in [0.717, 1.165) is 0 Å². The highest BCUT2D eigenvalue weighted by atomic mass is 19.1. The molecule has 1 rings (SSSR count). The zero-order chi connectivity index (χ0) is 12.8. The molecule has 0 heterocycles. The molecule has 3 N–H and O–H groups in total. The van der Waals surface area contributed by atoms with Crippen molar-refractivity contribution in [3.05, 3.63) is 17.9 Å². The van der Waals surface area contributed by atoms with Crippen LogP contribution in [0.4, 0.5) is 15.8 Å². The van der Waals surface area contributed by atoms with E-state index in [9.17, 15) is 4.39 Å². The minimum Gasteiger partial charge on any atom is -0.495 e. The molecule has 1 aromatic carbocycles. The van der Waals surface area contributed by atoms with Gasteiger partial charge in [-0.3, -0.25) is 0 Å². The van der Waals surface area contributed by atoms with Crippen molar-refractivity contribution < 1.29 is 13.9 Å². The minimum atomic E-state index is -0.396. The molecule has 0 amide bonds. The number of ether oxygens (including phenoxy) is 2. The first kappa shape index (κ1) is 13.6. The van der Waals surface area contributed by atoms with Crippen molar-refractivity contribution in [1.29, 1.82) is 0 Å². The van der Waals surface area contributed by atoms with E-state index in [1.54, 1.807) is 6.07 Å². The first-order valence-electron chi connectivity index (χ1n) is 5.57. The lowest BCUT2D eigenvalue weighted by Gasteiger charge is -2.15. The maximum Gasteiger partial charge on any atom is 0.148 e. The maximum absolute atomic E-state index is 13.6. The molecule has 1 atom stereocenters. The van der Waals surface area contributed by atoms with Gasteiger partial charge in [0.25, 0.3) is 0 Å². The molecule has 0 aliphatic heterocycles. The number of nitrogen functional groups attached to an aromatic ring is 1. The molecule has 1 aromatic rings. The largest absolute Gasteiger partial charge is 0.495 e. The topological polar surface area (TPSA) is 56.5 Å². The second-order valence-electron chi connectivity index (χ2n) is 3.72. The fourth-order valence-electron chi connectivity index (χ4n) is 1.48. The molecule has 4 nitrogen and oxygen atoms in total. The van der Waals surface area contributed by atoms with Crippen LogP contribution in [0.25, 0.3) is 0 Å². The molecule has 0 spiro atoms. The Balaban J connectivity index is 2.70. The molecule has 0 saturated carbocycles. The van der Waals surface area contributed by atoms with Crippen molar-refractivity contribution in [1.82, 2.24) is 0 Å². The second kappa shape index (κ2) is 6.30. The third-order valence-electron chi connectivity index (χ3n) is 2.35. The number of halogens is 1. The van der Waals surface area contributed by atoms with Crippen molar-refractivity contribution in [2.24, 2.45) is 0 Å². The van der Waals surface area contributed by atoms with Crippen molar-refractivity contribution in [3.63, 3.8) is 0 Å². The Labute approximate surface area is 101 Å². The predicted octanol–water partition coefficient (Wildman–Crippen LogP) is 2.25. The van der Waals surface area contributed by atoms with Gasteiger partial charge in [0.2, 0.25) is 0 Å². The van der Waals surface area contributed by atoms with Gasteiger partial charge in [-0.1, -0.05) is 0 Å². The fourth-order valence-corrected chi connectivity index (χ4v) is 1.48. The highest BCUT2D eigenvalue weighted by Crippen LogP contribution is 2.28. The third kappa shape index (κ3) is 3.78. The van der Waals surface area contributed by atoms with Gasteiger partial charge in [0, 0.05) is 25.3 Å². The Kier molecular flexibility index (Phi) is 5.03. The SMILES string of the molecule is CCOC(C)CNc1cc(OC)c(N)cc1F. The summed E-state index contributed by atoms with van der Waals surface area (Å²) < 4.78 is 23.9. The monoisotopic (exact) mass is 242 g/mol. The summed E-state index contributed by atoms with van der Waals surface area (Å²) in [5, 5.41) is 2.96. The molecular weight excluding hydrogens is 223 g/mol. The molecule has 0 fully saturated rings. The Morgan fingerprint density at radius 1 is 1.47 bits per heavy atom. The lowest BCUT2D eigenvalue weighted by molar-refractivity contribution is 0.0855. The van der Waals surface area contributed by atoms with Gasteiger partial charge in [-0.05, 0) is 13.8 Å². The number of nitrogens with two attached hydrogens (primary N) is 1. The van der Waals surface area contributed by atoms with Crippen LogP contribution in [0, 0.1) is 5.82 Å². The van der Waals surface area contributed by atoms with E-state index in [0.29, 0.717) is 24.6 Å². The van der Waals surface area contributed by atoms with Crippen LogP contribution < -0.4 is 15.8 Å².